The molecule has 23 heavy (non-hydrogen) atoms. The number of carbonyl (C=O) groups excluding carboxylic acids is 1. The summed E-state index contributed by atoms with van der Waals surface area (Å²) in [5.41, 5.74) is 1.63. The number of carbonyl (C=O) groups is 1. The highest BCUT2D eigenvalue weighted by Crippen LogP contribution is 2.28. The molecule has 1 saturated carbocycles. The normalized spacial score (nSPS) is 21.6. The van der Waals surface area contributed by atoms with Gasteiger partial charge in [-0.15, -0.1) is 22.7 Å². The highest BCUT2D eigenvalue weighted by Gasteiger charge is 2.24. The quantitative estimate of drug-likeness (QED) is 0.763. The van der Waals surface area contributed by atoms with Crippen molar-refractivity contribution in [2.45, 2.75) is 38.6 Å². The molecule has 4 nitrogen and oxygen atoms in total. The van der Waals surface area contributed by atoms with Crippen molar-refractivity contribution in [3.63, 3.8) is 0 Å². The molecule has 2 atom stereocenters. The fourth-order valence-electron chi connectivity index (χ4n) is 3.26. The summed E-state index contributed by atoms with van der Waals surface area (Å²) in [5, 5.41) is 7.18. The highest BCUT2D eigenvalue weighted by molar-refractivity contribution is 7.15. The van der Waals surface area contributed by atoms with Crippen LogP contribution >= 0.6 is 22.7 Å². The lowest BCUT2D eigenvalue weighted by Gasteiger charge is -2.29. The monoisotopic (exact) mass is 345 g/mol. The van der Waals surface area contributed by atoms with Gasteiger partial charge >= 0.3 is 0 Å². The Kier molecular flexibility index (Phi) is 3.95. The van der Waals surface area contributed by atoms with Crippen molar-refractivity contribution in [3.05, 3.63) is 34.8 Å². The number of nitrogens with one attached hydrogen (secondary N) is 1. The van der Waals surface area contributed by atoms with Crippen LogP contribution in [-0.4, -0.2) is 21.3 Å². The molecule has 1 amide bonds. The van der Waals surface area contributed by atoms with Crippen molar-refractivity contribution in [1.82, 2.24) is 14.7 Å². The third kappa shape index (κ3) is 2.81. The van der Waals surface area contributed by atoms with E-state index in [0.717, 1.165) is 22.0 Å². The van der Waals surface area contributed by atoms with Crippen LogP contribution in [0.4, 0.5) is 0 Å². The lowest BCUT2D eigenvalue weighted by molar-refractivity contribution is 0.0904. The minimum atomic E-state index is 0.0186. The van der Waals surface area contributed by atoms with Gasteiger partial charge in [-0.1, -0.05) is 25.8 Å². The first-order valence-corrected chi connectivity index (χ1v) is 9.79. The van der Waals surface area contributed by atoms with E-state index in [1.54, 1.807) is 11.3 Å². The zero-order valence-corrected chi connectivity index (χ0v) is 14.6. The molecular weight excluding hydrogens is 326 g/mol. The van der Waals surface area contributed by atoms with Crippen molar-refractivity contribution >= 4 is 33.5 Å². The fourth-order valence-corrected chi connectivity index (χ4v) is 4.80. The summed E-state index contributed by atoms with van der Waals surface area (Å²) in [5.74, 6) is 0.580. The first-order chi connectivity index (χ1) is 11.2. The van der Waals surface area contributed by atoms with Crippen molar-refractivity contribution in [3.8, 4) is 10.6 Å². The number of imidazole rings is 1. The molecule has 0 spiro atoms. The van der Waals surface area contributed by atoms with Crippen LogP contribution in [0.2, 0.25) is 0 Å². The van der Waals surface area contributed by atoms with Gasteiger partial charge in [0.15, 0.2) is 4.96 Å². The van der Waals surface area contributed by atoms with Gasteiger partial charge in [0.2, 0.25) is 0 Å². The molecule has 120 valence electrons. The van der Waals surface area contributed by atoms with E-state index in [-0.39, 0.29) is 5.91 Å². The van der Waals surface area contributed by atoms with Crippen LogP contribution in [0.25, 0.3) is 15.5 Å². The van der Waals surface area contributed by atoms with Gasteiger partial charge in [-0.3, -0.25) is 9.20 Å². The predicted octanol–water partition coefficient (Wildman–Crippen LogP) is 4.43. The van der Waals surface area contributed by atoms with Crippen molar-refractivity contribution in [2.75, 3.05) is 0 Å². The second-order valence-corrected chi connectivity index (χ2v) is 8.00. The number of thiazole rings is 1. The number of hydrogen-bond donors (Lipinski definition) is 1. The summed E-state index contributed by atoms with van der Waals surface area (Å²) in [7, 11) is 0. The van der Waals surface area contributed by atoms with Gasteiger partial charge in [0.25, 0.3) is 5.91 Å². The molecule has 1 aliphatic carbocycles. The Morgan fingerprint density at radius 2 is 2.22 bits per heavy atom. The molecule has 2 unspecified atom stereocenters. The van der Waals surface area contributed by atoms with Crippen LogP contribution in [0.3, 0.4) is 0 Å². The Morgan fingerprint density at radius 3 is 3.00 bits per heavy atom. The van der Waals surface area contributed by atoms with Gasteiger partial charge in [0.1, 0.15) is 11.4 Å². The smallest absolute Gasteiger partial charge is 0.269 e. The summed E-state index contributed by atoms with van der Waals surface area (Å²) in [6.07, 6.45) is 6.75. The van der Waals surface area contributed by atoms with E-state index < -0.39 is 0 Å². The van der Waals surface area contributed by atoms with Crippen LogP contribution in [0.1, 0.15) is 43.1 Å². The van der Waals surface area contributed by atoms with Crippen LogP contribution in [0, 0.1) is 5.92 Å². The summed E-state index contributed by atoms with van der Waals surface area (Å²) in [6, 6.07) is 4.37. The summed E-state index contributed by atoms with van der Waals surface area (Å²) in [4.78, 5) is 19.3. The van der Waals surface area contributed by atoms with E-state index in [1.165, 1.54) is 30.6 Å². The zero-order valence-electron chi connectivity index (χ0n) is 13.0. The molecule has 4 rings (SSSR count). The molecule has 0 radical (unpaired) electrons. The second-order valence-electron chi connectivity index (χ2n) is 6.22. The molecule has 3 aromatic rings. The Labute approximate surface area is 143 Å². The Bertz CT molecular complexity index is 818. The molecule has 1 N–H and O–H groups in total. The lowest BCUT2D eigenvalue weighted by atomic mass is 9.86. The second kappa shape index (κ2) is 6.09. The number of rotatable bonds is 3. The largest absolute Gasteiger partial charge is 0.348 e. The number of aromatic nitrogens is 2. The average molecular weight is 345 g/mol. The maximum Gasteiger partial charge on any atom is 0.269 e. The van der Waals surface area contributed by atoms with E-state index in [0.29, 0.717) is 17.7 Å². The minimum absolute atomic E-state index is 0.0186. The molecule has 3 aromatic heterocycles. The first kappa shape index (κ1) is 14.9. The molecule has 3 heterocycles. The highest BCUT2D eigenvalue weighted by atomic mass is 32.1. The van der Waals surface area contributed by atoms with Crippen LogP contribution < -0.4 is 5.32 Å². The van der Waals surface area contributed by atoms with Gasteiger partial charge < -0.3 is 5.32 Å². The topological polar surface area (TPSA) is 46.4 Å². The van der Waals surface area contributed by atoms with E-state index in [9.17, 15) is 4.79 Å². The van der Waals surface area contributed by atoms with Gasteiger partial charge in [-0.25, -0.2) is 4.98 Å². The molecule has 0 aliphatic heterocycles. The van der Waals surface area contributed by atoms with Gasteiger partial charge in [-0.2, -0.15) is 0 Å². The average Bonchev–Trinajstić information content (AvgIpc) is 3.25. The number of nitrogens with zero attached hydrogens (tertiary/aromatic N) is 2. The number of amides is 1. The predicted molar refractivity (Wildman–Crippen MR) is 95.3 cm³/mol. The summed E-state index contributed by atoms with van der Waals surface area (Å²) < 4.78 is 1.92. The summed E-state index contributed by atoms with van der Waals surface area (Å²) >= 11 is 3.18. The van der Waals surface area contributed by atoms with Crippen molar-refractivity contribution in [2.24, 2.45) is 5.92 Å². The van der Waals surface area contributed by atoms with E-state index in [2.05, 4.69) is 23.3 Å². The maximum atomic E-state index is 12.7. The Hall–Kier alpha value is -1.66. The van der Waals surface area contributed by atoms with Crippen LogP contribution in [0.15, 0.2) is 29.1 Å². The van der Waals surface area contributed by atoms with Crippen LogP contribution in [-0.2, 0) is 0 Å². The Balaban J connectivity index is 1.59. The summed E-state index contributed by atoms with van der Waals surface area (Å²) in [6.45, 7) is 2.24. The molecule has 0 aromatic carbocycles. The lowest BCUT2D eigenvalue weighted by Crippen LogP contribution is -2.41. The SMILES string of the molecule is CC1CCCCC1NC(=O)c1csc2nc(-c3cccs3)cn12. The Morgan fingerprint density at radius 1 is 1.35 bits per heavy atom. The van der Waals surface area contributed by atoms with E-state index >= 15 is 0 Å². The van der Waals surface area contributed by atoms with E-state index in [1.807, 2.05) is 27.4 Å². The van der Waals surface area contributed by atoms with Crippen LogP contribution in [0.5, 0.6) is 0 Å². The van der Waals surface area contributed by atoms with Gasteiger partial charge in [0, 0.05) is 17.6 Å². The molecular formula is C17H19N3OS2. The fraction of sp³-hybridized carbons (Fsp3) is 0.412. The molecule has 1 fully saturated rings. The minimum Gasteiger partial charge on any atom is -0.348 e. The maximum absolute atomic E-state index is 12.7. The molecule has 1 aliphatic rings. The molecule has 6 heteroatoms. The number of thiophene rings is 1. The van der Waals surface area contributed by atoms with Crippen molar-refractivity contribution < 1.29 is 4.79 Å². The van der Waals surface area contributed by atoms with Gasteiger partial charge in [-0.05, 0) is 30.2 Å². The molecule has 0 saturated heterocycles. The first-order valence-electron chi connectivity index (χ1n) is 8.03. The standard InChI is InChI=1S/C17H19N3OS2/c1-11-5-2-3-6-12(11)18-16(21)14-10-23-17-19-13(9-20(14)17)15-7-4-8-22-15/h4,7-12H,2-3,5-6H2,1H3,(H,18,21). The van der Waals surface area contributed by atoms with Crippen molar-refractivity contribution in [1.29, 1.82) is 0 Å². The molecule has 0 bridgehead atoms. The third-order valence-electron chi connectivity index (χ3n) is 4.64. The third-order valence-corrected chi connectivity index (χ3v) is 6.38. The number of hydrogen-bond acceptors (Lipinski definition) is 4. The van der Waals surface area contributed by atoms with Gasteiger partial charge in [0.05, 0.1) is 4.88 Å². The van der Waals surface area contributed by atoms with E-state index in [4.69, 9.17) is 0 Å². The number of fused-ring (bicyclic) bond motifs is 1. The zero-order chi connectivity index (χ0) is 15.8.